The first-order valence-corrected chi connectivity index (χ1v) is 8.59. The second-order valence-electron chi connectivity index (χ2n) is 6.21. The third-order valence-corrected chi connectivity index (χ3v) is 4.40. The monoisotopic (exact) mass is 280 g/mol. The number of unbranched alkanes of at least 4 members (excludes halogenated alkanes) is 6. The van der Waals surface area contributed by atoms with E-state index >= 15 is 0 Å². The van der Waals surface area contributed by atoms with E-state index in [9.17, 15) is 4.79 Å². The third kappa shape index (κ3) is 7.72. The molecule has 1 saturated carbocycles. The highest BCUT2D eigenvalue weighted by Crippen LogP contribution is 2.30. The van der Waals surface area contributed by atoms with Crippen molar-refractivity contribution in [3.8, 4) is 0 Å². The lowest BCUT2D eigenvalue weighted by Crippen LogP contribution is -2.24. The lowest BCUT2D eigenvalue weighted by Gasteiger charge is -2.28. The van der Waals surface area contributed by atoms with Crippen LogP contribution in [0.25, 0.3) is 0 Å². The zero-order valence-corrected chi connectivity index (χ0v) is 13.2. The Bertz CT molecular complexity index is 273. The van der Waals surface area contributed by atoms with Crippen LogP contribution < -0.4 is 0 Å². The van der Waals surface area contributed by atoms with Crippen molar-refractivity contribution in [1.29, 1.82) is 0 Å². The molecule has 1 aliphatic carbocycles. The topological polar surface area (TPSA) is 26.3 Å². The van der Waals surface area contributed by atoms with Crippen LogP contribution in [0.15, 0.2) is 12.7 Å². The highest BCUT2D eigenvalue weighted by Gasteiger charge is 2.23. The molecule has 0 aromatic carbocycles. The SMILES string of the molecule is C=CC(=O)OC1CCCC(CCCCCCCCC)C1. The smallest absolute Gasteiger partial charge is 0.330 e. The van der Waals surface area contributed by atoms with Gasteiger partial charge < -0.3 is 4.74 Å². The van der Waals surface area contributed by atoms with Gasteiger partial charge in [0.05, 0.1) is 0 Å². The van der Waals surface area contributed by atoms with Crippen molar-refractivity contribution in [2.24, 2.45) is 5.92 Å². The minimum absolute atomic E-state index is 0.142. The molecule has 20 heavy (non-hydrogen) atoms. The molecule has 0 aliphatic heterocycles. The van der Waals surface area contributed by atoms with Gasteiger partial charge in [-0.3, -0.25) is 0 Å². The fraction of sp³-hybridized carbons (Fsp3) is 0.833. The Hall–Kier alpha value is -0.790. The normalized spacial score (nSPS) is 22.4. The van der Waals surface area contributed by atoms with E-state index in [1.807, 2.05) is 0 Å². The lowest BCUT2D eigenvalue weighted by molar-refractivity contribution is -0.145. The second-order valence-corrected chi connectivity index (χ2v) is 6.21. The maximum absolute atomic E-state index is 11.2. The Morgan fingerprint density at radius 1 is 1.15 bits per heavy atom. The molecule has 2 heteroatoms. The van der Waals surface area contributed by atoms with Gasteiger partial charge in [0, 0.05) is 6.08 Å². The average molecular weight is 280 g/mol. The van der Waals surface area contributed by atoms with Gasteiger partial charge in [0.15, 0.2) is 0 Å². The zero-order valence-electron chi connectivity index (χ0n) is 13.2. The van der Waals surface area contributed by atoms with E-state index in [-0.39, 0.29) is 12.1 Å². The van der Waals surface area contributed by atoms with E-state index in [1.165, 1.54) is 70.3 Å². The summed E-state index contributed by atoms with van der Waals surface area (Å²) in [6.45, 7) is 5.72. The van der Waals surface area contributed by atoms with Gasteiger partial charge in [-0.15, -0.1) is 0 Å². The quantitative estimate of drug-likeness (QED) is 0.303. The van der Waals surface area contributed by atoms with Crippen LogP contribution in [-0.4, -0.2) is 12.1 Å². The van der Waals surface area contributed by atoms with Crippen molar-refractivity contribution in [2.45, 2.75) is 90.1 Å². The van der Waals surface area contributed by atoms with Crippen molar-refractivity contribution >= 4 is 5.97 Å². The van der Waals surface area contributed by atoms with E-state index < -0.39 is 0 Å². The molecule has 1 rings (SSSR count). The molecule has 0 radical (unpaired) electrons. The maximum atomic E-state index is 11.2. The summed E-state index contributed by atoms with van der Waals surface area (Å²) in [7, 11) is 0. The standard InChI is InChI=1S/C18H32O2/c1-3-5-6-7-8-9-10-12-16-13-11-14-17(15-16)20-18(19)4-2/h4,16-17H,2-3,5-15H2,1H3. The number of ether oxygens (including phenoxy) is 1. The van der Waals surface area contributed by atoms with Crippen LogP contribution in [0, 0.1) is 5.92 Å². The maximum Gasteiger partial charge on any atom is 0.330 e. The number of carbonyl (C=O) groups excluding carboxylic acids is 1. The highest BCUT2D eigenvalue weighted by molar-refractivity contribution is 5.81. The largest absolute Gasteiger partial charge is 0.459 e. The average Bonchev–Trinajstić information content (AvgIpc) is 2.46. The van der Waals surface area contributed by atoms with Crippen LogP contribution in [0.1, 0.15) is 84.0 Å². The minimum Gasteiger partial charge on any atom is -0.459 e. The van der Waals surface area contributed by atoms with Crippen LogP contribution in [0.4, 0.5) is 0 Å². The molecule has 0 aromatic rings. The van der Waals surface area contributed by atoms with Crippen LogP contribution in [0.5, 0.6) is 0 Å². The Labute approximate surface area is 125 Å². The fourth-order valence-corrected chi connectivity index (χ4v) is 3.21. The van der Waals surface area contributed by atoms with Crippen LogP contribution >= 0.6 is 0 Å². The molecule has 116 valence electrons. The van der Waals surface area contributed by atoms with Gasteiger partial charge in [0.25, 0.3) is 0 Å². The van der Waals surface area contributed by atoms with Gasteiger partial charge in [-0.2, -0.15) is 0 Å². The summed E-state index contributed by atoms with van der Waals surface area (Å²) in [6, 6.07) is 0. The van der Waals surface area contributed by atoms with E-state index in [0.29, 0.717) is 0 Å². The van der Waals surface area contributed by atoms with Crippen molar-refractivity contribution < 1.29 is 9.53 Å². The summed E-state index contributed by atoms with van der Waals surface area (Å²) in [4.78, 5) is 11.2. The van der Waals surface area contributed by atoms with E-state index in [4.69, 9.17) is 4.74 Å². The molecular formula is C18H32O2. The Kier molecular flexibility index (Phi) is 9.44. The summed E-state index contributed by atoms with van der Waals surface area (Å²) < 4.78 is 5.39. The first-order chi connectivity index (χ1) is 9.76. The molecule has 2 atom stereocenters. The number of rotatable bonds is 10. The lowest BCUT2D eigenvalue weighted by atomic mass is 9.84. The van der Waals surface area contributed by atoms with Gasteiger partial charge in [-0.05, 0) is 25.2 Å². The van der Waals surface area contributed by atoms with E-state index in [2.05, 4.69) is 13.5 Å². The molecule has 0 spiro atoms. The number of carbonyl (C=O) groups is 1. The van der Waals surface area contributed by atoms with E-state index in [1.54, 1.807) is 0 Å². The summed E-state index contributed by atoms with van der Waals surface area (Å²) >= 11 is 0. The van der Waals surface area contributed by atoms with Gasteiger partial charge in [0.2, 0.25) is 0 Å². The molecule has 0 heterocycles. The summed E-state index contributed by atoms with van der Waals surface area (Å²) in [5.74, 6) is 0.508. The molecule has 0 saturated heterocycles. The van der Waals surface area contributed by atoms with Crippen molar-refractivity contribution in [2.75, 3.05) is 0 Å². The van der Waals surface area contributed by atoms with Gasteiger partial charge >= 0.3 is 5.97 Å². The number of hydrogen-bond acceptors (Lipinski definition) is 2. The summed E-state index contributed by atoms with van der Waals surface area (Å²) in [6.07, 6.45) is 17.0. The summed E-state index contributed by atoms with van der Waals surface area (Å²) in [5.41, 5.74) is 0. The van der Waals surface area contributed by atoms with Crippen LogP contribution in [0.3, 0.4) is 0 Å². The molecule has 1 fully saturated rings. The molecule has 2 unspecified atom stereocenters. The molecule has 1 aliphatic rings. The Morgan fingerprint density at radius 3 is 2.55 bits per heavy atom. The van der Waals surface area contributed by atoms with Gasteiger partial charge in [-0.25, -0.2) is 4.79 Å². The second kappa shape index (κ2) is 10.9. The number of esters is 1. The fourth-order valence-electron chi connectivity index (χ4n) is 3.21. The van der Waals surface area contributed by atoms with Crippen LogP contribution in [-0.2, 0) is 9.53 Å². The predicted octanol–water partition coefficient (Wildman–Crippen LogP) is 5.42. The Morgan fingerprint density at radius 2 is 1.85 bits per heavy atom. The number of hydrogen-bond donors (Lipinski definition) is 0. The van der Waals surface area contributed by atoms with Gasteiger partial charge in [0.1, 0.15) is 6.10 Å². The van der Waals surface area contributed by atoms with Gasteiger partial charge in [-0.1, -0.05) is 71.3 Å². The highest BCUT2D eigenvalue weighted by atomic mass is 16.5. The molecule has 0 amide bonds. The molecule has 0 aromatic heterocycles. The summed E-state index contributed by atoms with van der Waals surface area (Å²) in [5, 5.41) is 0. The zero-order chi connectivity index (χ0) is 14.6. The van der Waals surface area contributed by atoms with Crippen molar-refractivity contribution in [3.63, 3.8) is 0 Å². The third-order valence-electron chi connectivity index (χ3n) is 4.40. The molecule has 0 N–H and O–H groups in total. The van der Waals surface area contributed by atoms with Crippen molar-refractivity contribution in [3.05, 3.63) is 12.7 Å². The molecule has 0 bridgehead atoms. The van der Waals surface area contributed by atoms with Crippen LogP contribution in [0.2, 0.25) is 0 Å². The first kappa shape index (κ1) is 17.3. The predicted molar refractivity (Wildman–Crippen MR) is 84.6 cm³/mol. The molecule has 2 nitrogen and oxygen atoms in total. The minimum atomic E-state index is -0.258. The first-order valence-electron chi connectivity index (χ1n) is 8.59. The van der Waals surface area contributed by atoms with E-state index in [0.717, 1.165) is 18.8 Å². The Balaban J connectivity index is 2.05. The molecular weight excluding hydrogens is 248 g/mol. The van der Waals surface area contributed by atoms with Crippen molar-refractivity contribution in [1.82, 2.24) is 0 Å².